The molecule has 5 rings (SSSR count). The maximum atomic E-state index is 12.5. The maximum absolute atomic E-state index is 12.5. The fourth-order valence-corrected chi connectivity index (χ4v) is 3.90. The van der Waals surface area contributed by atoms with Gasteiger partial charge in [-0.1, -0.05) is 65.8 Å². The summed E-state index contributed by atoms with van der Waals surface area (Å²) in [6.07, 6.45) is 1.17. The van der Waals surface area contributed by atoms with E-state index in [9.17, 15) is 4.79 Å². The predicted octanol–water partition coefficient (Wildman–Crippen LogP) is 5.18. The third-order valence-corrected chi connectivity index (χ3v) is 5.61. The number of aromatic nitrogens is 2. The molecule has 0 bridgehead atoms. The highest BCUT2D eigenvalue weighted by Crippen LogP contribution is 2.34. The van der Waals surface area contributed by atoms with Crippen LogP contribution < -0.4 is 4.74 Å². The van der Waals surface area contributed by atoms with Crippen molar-refractivity contribution in [2.24, 2.45) is 0 Å². The topological polar surface area (TPSA) is 68.5 Å². The first kappa shape index (κ1) is 20.0. The Kier molecular flexibility index (Phi) is 5.66. The van der Waals surface area contributed by atoms with Gasteiger partial charge in [0.1, 0.15) is 18.4 Å². The standard InChI is InChI=1S/C26H23N3O3/c30-24-16-15-23(29(24)17-19-7-3-1-4-8-19)26-27-25(28-32-26)21-11-13-22(14-12-21)31-18-20-9-5-2-6-10-20/h1-14,23H,15-18H2. The van der Waals surface area contributed by atoms with Crippen LogP contribution in [0.3, 0.4) is 0 Å². The summed E-state index contributed by atoms with van der Waals surface area (Å²) < 4.78 is 11.4. The zero-order chi connectivity index (χ0) is 21.8. The Morgan fingerprint density at radius 1 is 0.906 bits per heavy atom. The van der Waals surface area contributed by atoms with Crippen molar-refractivity contribution in [1.82, 2.24) is 15.0 Å². The van der Waals surface area contributed by atoms with E-state index in [-0.39, 0.29) is 11.9 Å². The van der Waals surface area contributed by atoms with Crippen LogP contribution >= 0.6 is 0 Å². The summed E-state index contributed by atoms with van der Waals surface area (Å²) in [5.74, 6) is 1.87. The smallest absolute Gasteiger partial charge is 0.249 e. The molecule has 1 saturated heterocycles. The van der Waals surface area contributed by atoms with Gasteiger partial charge in [-0.2, -0.15) is 4.98 Å². The average molecular weight is 425 g/mol. The van der Waals surface area contributed by atoms with E-state index >= 15 is 0 Å². The van der Waals surface area contributed by atoms with Crippen molar-refractivity contribution in [3.63, 3.8) is 0 Å². The summed E-state index contributed by atoms with van der Waals surface area (Å²) in [4.78, 5) is 18.9. The van der Waals surface area contributed by atoms with Gasteiger partial charge in [-0.15, -0.1) is 0 Å². The first-order valence-corrected chi connectivity index (χ1v) is 10.7. The SMILES string of the molecule is O=C1CCC(c2nc(-c3ccc(OCc4ccccc4)cc3)no2)N1Cc1ccccc1. The van der Waals surface area contributed by atoms with Gasteiger partial charge in [-0.25, -0.2) is 0 Å². The molecule has 1 aromatic heterocycles. The molecule has 160 valence electrons. The zero-order valence-corrected chi connectivity index (χ0v) is 17.6. The summed E-state index contributed by atoms with van der Waals surface area (Å²) in [6.45, 7) is 1.05. The van der Waals surface area contributed by atoms with Crippen molar-refractivity contribution in [2.45, 2.75) is 32.0 Å². The highest BCUT2D eigenvalue weighted by Gasteiger charge is 2.36. The van der Waals surface area contributed by atoms with Crippen LogP contribution in [0.1, 0.15) is 35.9 Å². The van der Waals surface area contributed by atoms with Crippen molar-refractivity contribution in [3.8, 4) is 17.1 Å². The number of carbonyl (C=O) groups excluding carboxylic acids is 1. The number of benzene rings is 3. The highest BCUT2D eigenvalue weighted by atomic mass is 16.5. The molecule has 0 saturated carbocycles. The molecular formula is C26H23N3O3. The first-order chi connectivity index (χ1) is 15.8. The number of likely N-dealkylation sites (tertiary alicyclic amines) is 1. The lowest BCUT2D eigenvalue weighted by atomic mass is 10.1. The quantitative estimate of drug-likeness (QED) is 0.408. The lowest BCUT2D eigenvalue weighted by molar-refractivity contribution is -0.129. The number of carbonyl (C=O) groups is 1. The van der Waals surface area contributed by atoms with Gasteiger partial charge in [-0.3, -0.25) is 4.79 Å². The van der Waals surface area contributed by atoms with Gasteiger partial charge < -0.3 is 14.2 Å². The second-order valence-electron chi connectivity index (χ2n) is 7.82. The molecule has 4 aromatic rings. The molecular weight excluding hydrogens is 402 g/mol. The Labute approximate surface area is 186 Å². The van der Waals surface area contributed by atoms with E-state index in [1.54, 1.807) is 0 Å². The Morgan fingerprint density at radius 2 is 1.59 bits per heavy atom. The van der Waals surface area contributed by atoms with Crippen molar-refractivity contribution in [3.05, 3.63) is 102 Å². The van der Waals surface area contributed by atoms with E-state index in [2.05, 4.69) is 10.1 Å². The number of hydrogen-bond acceptors (Lipinski definition) is 5. The number of ether oxygens (including phenoxy) is 1. The highest BCUT2D eigenvalue weighted by molar-refractivity contribution is 5.78. The van der Waals surface area contributed by atoms with Crippen LogP contribution in [0, 0.1) is 0 Å². The number of amides is 1. The van der Waals surface area contributed by atoms with Gasteiger partial charge >= 0.3 is 0 Å². The minimum atomic E-state index is -0.197. The summed E-state index contributed by atoms with van der Waals surface area (Å²) in [5.41, 5.74) is 3.04. The van der Waals surface area contributed by atoms with E-state index in [1.807, 2.05) is 89.8 Å². The number of rotatable bonds is 7. The van der Waals surface area contributed by atoms with Crippen LogP contribution in [0.5, 0.6) is 5.75 Å². The van der Waals surface area contributed by atoms with Gasteiger partial charge in [0.05, 0.1) is 0 Å². The van der Waals surface area contributed by atoms with Crippen LogP contribution in [0.4, 0.5) is 0 Å². The summed E-state index contributed by atoms with van der Waals surface area (Å²) in [7, 11) is 0. The fraction of sp³-hybridized carbons (Fsp3) is 0.192. The molecule has 1 atom stereocenters. The second-order valence-corrected chi connectivity index (χ2v) is 7.82. The second kappa shape index (κ2) is 9.06. The molecule has 2 heterocycles. The minimum Gasteiger partial charge on any atom is -0.489 e. The van der Waals surface area contributed by atoms with E-state index < -0.39 is 0 Å². The Hall–Kier alpha value is -3.93. The van der Waals surface area contributed by atoms with Crippen molar-refractivity contribution < 1.29 is 14.1 Å². The molecule has 0 N–H and O–H groups in total. The molecule has 1 amide bonds. The Balaban J connectivity index is 1.27. The van der Waals surface area contributed by atoms with Gasteiger partial charge in [0, 0.05) is 18.5 Å². The molecule has 1 aliphatic rings. The minimum absolute atomic E-state index is 0.110. The predicted molar refractivity (Wildman–Crippen MR) is 119 cm³/mol. The fourth-order valence-electron chi connectivity index (χ4n) is 3.90. The third-order valence-electron chi connectivity index (χ3n) is 5.61. The molecule has 6 heteroatoms. The normalized spacial score (nSPS) is 15.8. The lowest BCUT2D eigenvalue weighted by Crippen LogP contribution is -2.27. The van der Waals surface area contributed by atoms with Gasteiger partial charge in [0.25, 0.3) is 0 Å². The molecule has 3 aromatic carbocycles. The van der Waals surface area contributed by atoms with Crippen LogP contribution in [0.2, 0.25) is 0 Å². The zero-order valence-electron chi connectivity index (χ0n) is 17.6. The molecule has 1 unspecified atom stereocenters. The van der Waals surface area contributed by atoms with Crippen LogP contribution in [-0.4, -0.2) is 20.9 Å². The van der Waals surface area contributed by atoms with Crippen molar-refractivity contribution in [1.29, 1.82) is 0 Å². The van der Waals surface area contributed by atoms with Gasteiger partial charge in [0.2, 0.25) is 17.6 Å². The summed E-state index contributed by atoms with van der Waals surface area (Å²) >= 11 is 0. The summed E-state index contributed by atoms with van der Waals surface area (Å²) in [6, 6.07) is 27.4. The van der Waals surface area contributed by atoms with Crippen LogP contribution in [-0.2, 0) is 17.9 Å². The van der Waals surface area contributed by atoms with E-state index in [1.165, 1.54) is 0 Å². The lowest BCUT2D eigenvalue weighted by Gasteiger charge is -2.22. The number of nitrogens with zero attached hydrogens (tertiary/aromatic N) is 3. The molecule has 6 nitrogen and oxygen atoms in total. The molecule has 0 aliphatic carbocycles. The van der Waals surface area contributed by atoms with Gasteiger partial charge in [-0.05, 0) is 41.8 Å². The van der Waals surface area contributed by atoms with Crippen molar-refractivity contribution in [2.75, 3.05) is 0 Å². The van der Waals surface area contributed by atoms with E-state index in [4.69, 9.17) is 9.26 Å². The molecule has 0 spiro atoms. The van der Waals surface area contributed by atoms with Crippen molar-refractivity contribution >= 4 is 5.91 Å². The average Bonchev–Trinajstić information content (AvgIpc) is 3.47. The van der Waals surface area contributed by atoms with E-state index in [0.29, 0.717) is 37.7 Å². The summed E-state index contributed by atoms with van der Waals surface area (Å²) in [5, 5.41) is 4.16. The number of hydrogen-bond donors (Lipinski definition) is 0. The van der Waals surface area contributed by atoms with Crippen LogP contribution in [0.25, 0.3) is 11.4 Å². The maximum Gasteiger partial charge on any atom is 0.249 e. The van der Waals surface area contributed by atoms with Crippen LogP contribution in [0.15, 0.2) is 89.5 Å². The van der Waals surface area contributed by atoms with E-state index in [0.717, 1.165) is 22.4 Å². The van der Waals surface area contributed by atoms with Gasteiger partial charge in [0.15, 0.2) is 0 Å². The molecule has 0 radical (unpaired) electrons. The first-order valence-electron chi connectivity index (χ1n) is 10.7. The molecule has 1 fully saturated rings. The third kappa shape index (κ3) is 4.39. The molecule has 1 aliphatic heterocycles. The Bertz CT molecular complexity index is 1170. The molecule has 32 heavy (non-hydrogen) atoms. The monoisotopic (exact) mass is 425 g/mol. The largest absolute Gasteiger partial charge is 0.489 e. The Morgan fingerprint density at radius 3 is 2.31 bits per heavy atom.